The Morgan fingerprint density at radius 3 is 2.53 bits per heavy atom. The highest BCUT2D eigenvalue weighted by atomic mass is 14.8. The van der Waals surface area contributed by atoms with Gasteiger partial charge in [0.2, 0.25) is 0 Å². The van der Waals surface area contributed by atoms with Gasteiger partial charge in [-0.3, -0.25) is 4.98 Å². The molecule has 2 nitrogen and oxygen atoms in total. The van der Waals surface area contributed by atoms with Crippen LogP contribution in [0.15, 0.2) is 30.5 Å². The lowest BCUT2D eigenvalue weighted by molar-refractivity contribution is 0.758. The minimum Gasteiger partial charge on any atom is -0.362 e. The highest BCUT2D eigenvalue weighted by Crippen LogP contribution is 2.25. The summed E-state index contributed by atoms with van der Waals surface area (Å²) < 4.78 is 0. The molecule has 19 heavy (non-hydrogen) atoms. The number of aromatic amines is 1. The Hall–Kier alpha value is -1.57. The summed E-state index contributed by atoms with van der Waals surface area (Å²) in [5.74, 6) is 0. The molecular formula is C17H24N2. The van der Waals surface area contributed by atoms with Crippen LogP contribution in [0, 0.1) is 0 Å². The molecule has 0 aliphatic carbocycles. The van der Waals surface area contributed by atoms with Crippen LogP contribution in [0.1, 0.15) is 50.9 Å². The van der Waals surface area contributed by atoms with Gasteiger partial charge in [-0.05, 0) is 43.9 Å². The van der Waals surface area contributed by atoms with Crippen molar-refractivity contribution in [2.75, 3.05) is 0 Å². The van der Waals surface area contributed by atoms with Crippen molar-refractivity contribution in [2.24, 2.45) is 0 Å². The maximum atomic E-state index is 4.49. The number of aromatic nitrogens is 2. The number of aryl methyl sites for hydroxylation is 2. The average molecular weight is 256 g/mol. The molecule has 0 aromatic carbocycles. The van der Waals surface area contributed by atoms with Crippen LogP contribution in [-0.4, -0.2) is 9.97 Å². The summed E-state index contributed by atoms with van der Waals surface area (Å²) in [6.07, 6.45) is 9.07. The lowest BCUT2D eigenvalue weighted by atomic mass is 10.1. The van der Waals surface area contributed by atoms with Gasteiger partial charge in [-0.1, -0.05) is 32.8 Å². The van der Waals surface area contributed by atoms with Crippen LogP contribution in [-0.2, 0) is 12.8 Å². The minimum absolute atomic E-state index is 1.09. The second-order valence-electron chi connectivity index (χ2n) is 5.11. The Labute approximate surface area is 116 Å². The van der Waals surface area contributed by atoms with Crippen molar-refractivity contribution in [2.45, 2.75) is 52.4 Å². The van der Waals surface area contributed by atoms with E-state index in [9.17, 15) is 0 Å². The first-order valence-corrected chi connectivity index (χ1v) is 7.47. The maximum Gasteiger partial charge on any atom is 0.0720 e. The van der Waals surface area contributed by atoms with Gasteiger partial charge in [-0.25, -0.2) is 0 Å². The number of hydrogen-bond donors (Lipinski definition) is 1. The Kier molecular flexibility index (Phi) is 5.20. The van der Waals surface area contributed by atoms with E-state index in [0.717, 1.165) is 18.5 Å². The van der Waals surface area contributed by atoms with Crippen LogP contribution in [0.4, 0.5) is 0 Å². The van der Waals surface area contributed by atoms with Crippen LogP contribution < -0.4 is 0 Å². The van der Waals surface area contributed by atoms with E-state index >= 15 is 0 Å². The predicted octanol–water partition coefficient (Wildman–Crippen LogP) is 4.76. The zero-order valence-electron chi connectivity index (χ0n) is 12.1. The van der Waals surface area contributed by atoms with Crippen LogP contribution in [0.2, 0.25) is 0 Å². The van der Waals surface area contributed by atoms with Gasteiger partial charge >= 0.3 is 0 Å². The summed E-state index contributed by atoms with van der Waals surface area (Å²) in [5.41, 5.74) is 5.09. The molecule has 0 fully saturated rings. The smallest absolute Gasteiger partial charge is 0.0720 e. The molecule has 0 saturated heterocycles. The standard InChI is InChI=1S/C17H24N2/c1-3-5-9-14-13-15(16-11-7-8-12-18-16)17(19-14)10-6-4-2/h7-8,11-13,19H,3-6,9-10H2,1-2H3. The second kappa shape index (κ2) is 7.13. The van der Waals surface area contributed by atoms with Crippen molar-refractivity contribution in [3.63, 3.8) is 0 Å². The summed E-state index contributed by atoms with van der Waals surface area (Å²) >= 11 is 0. The monoisotopic (exact) mass is 256 g/mol. The van der Waals surface area contributed by atoms with Crippen molar-refractivity contribution in [1.29, 1.82) is 0 Å². The zero-order valence-corrected chi connectivity index (χ0v) is 12.1. The molecular weight excluding hydrogens is 232 g/mol. The Balaban J connectivity index is 2.25. The number of nitrogens with one attached hydrogen (secondary N) is 1. The first kappa shape index (κ1) is 13.9. The van der Waals surface area contributed by atoms with E-state index in [1.807, 2.05) is 12.3 Å². The second-order valence-corrected chi connectivity index (χ2v) is 5.11. The van der Waals surface area contributed by atoms with Gasteiger partial charge in [-0.2, -0.15) is 0 Å². The topological polar surface area (TPSA) is 28.7 Å². The van der Waals surface area contributed by atoms with Crippen LogP contribution >= 0.6 is 0 Å². The van der Waals surface area contributed by atoms with Crippen molar-refractivity contribution < 1.29 is 0 Å². The average Bonchev–Trinajstić information content (AvgIpc) is 2.87. The Morgan fingerprint density at radius 1 is 1.05 bits per heavy atom. The van der Waals surface area contributed by atoms with E-state index in [-0.39, 0.29) is 0 Å². The molecule has 2 rings (SSSR count). The fraction of sp³-hybridized carbons (Fsp3) is 0.471. The molecule has 0 amide bonds. The largest absolute Gasteiger partial charge is 0.362 e. The molecule has 2 heterocycles. The highest BCUT2D eigenvalue weighted by molar-refractivity contribution is 5.63. The van der Waals surface area contributed by atoms with Crippen molar-refractivity contribution in [3.8, 4) is 11.3 Å². The first-order valence-electron chi connectivity index (χ1n) is 7.47. The van der Waals surface area contributed by atoms with Gasteiger partial charge in [0.25, 0.3) is 0 Å². The van der Waals surface area contributed by atoms with Gasteiger partial charge in [0.15, 0.2) is 0 Å². The number of pyridine rings is 1. The Morgan fingerprint density at radius 2 is 1.84 bits per heavy atom. The summed E-state index contributed by atoms with van der Waals surface area (Å²) in [6.45, 7) is 4.47. The first-order chi connectivity index (χ1) is 9.35. The molecule has 102 valence electrons. The third-order valence-electron chi connectivity index (χ3n) is 3.48. The van der Waals surface area contributed by atoms with Crippen LogP contribution in [0.5, 0.6) is 0 Å². The molecule has 2 heteroatoms. The lowest BCUT2D eigenvalue weighted by Gasteiger charge is -2.02. The maximum absolute atomic E-state index is 4.49. The van der Waals surface area contributed by atoms with E-state index in [0.29, 0.717) is 0 Å². The quantitative estimate of drug-likeness (QED) is 0.760. The molecule has 0 atom stereocenters. The fourth-order valence-electron chi connectivity index (χ4n) is 2.36. The van der Waals surface area contributed by atoms with Gasteiger partial charge in [-0.15, -0.1) is 0 Å². The number of rotatable bonds is 7. The summed E-state index contributed by atoms with van der Waals surface area (Å²) in [5, 5.41) is 0. The fourth-order valence-corrected chi connectivity index (χ4v) is 2.36. The molecule has 0 aliphatic rings. The van der Waals surface area contributed by atoms with E-state index in [2.05, 4.69) is 42.0 Å². The third-order valence-corrected chi connectivity index (χ3v) is 3.48. The molecule has 0 radical (unpaired) electrons. The molecule has 2 aromatic rings. The van der Waals surface area contributed by atoms with Gasteiger partial charge in [0.05, 0.1) is 5.69 Å². The van der Waals surface area contributed by atoms with Gasteiger partial charge in [0.1, 0.15) is 0 Å². The SMILES string of the molecule is CCCCc1cc(-c2ccccn2)c(CCCC)[nH]1. The number of nitrogens with zero attached hydrogens (tertiary/aromatic N) is 1. The molecule has 0 bridgehead atoms. The molecule has 0 aliphatic heterocycles. The zero-order chi connectivity index (χ0) is 13.5. The summed E-state index contributed by atoms with van der Waals surface area (Å²) in [6, 6.07) is 8.43. The minimum atomic E-state index is 1.09. The summed E-state index contributed by atoms with van der Waals surface area (Å²) in [7, 11) is 0. The molecule has 1 N–H and O–H groups in total. The van der Waals surface area contributed by atoms with E-state index < -0.39 is 0 Å². The van der Waals surface area contributed by atoms with E-state index in [1.54, 1.807) is 0 Å². The molecule has 2 aromatic heterocycles. The van der Waals surface area contributed by atoms with Gasteiger partial charge in [0, 0.05) is 23.1 Å². The van der Waals surface area contributed by atoms with E-state index in [1.165, 1.54) is 42.6 Å². The number of unbranched alkanes of at least 4 members (excludes halogenated alkanes) is 2. The molecule has 0 spiro atoms. The van der Waals surface area contributed by atoms with Crippen molar-refractivity contribution >= 4 is 0 Å². The number of H-pyrrole nitrogens is 1. The molecule has 0 saturated carbocycles. The molecule has 0 unspecified atom stereocenters. The highest BCUT2D eigenvalue weighted by Gasteiger charge is 2.10. The van der Waals surface area contributed by atoms with E-state index in [4.69, 9.17) is 0 Å². The van der Waals surface area contributed by atoms with Crippen molar-refractivity contribution in [3.05, 3.63) is 41.9 Å². The van der Waals surface area contributed by atoms with Crippen LogP contribution in [0.3, 0.4) is 0 Å². The van der Waals surface area contributed by atoms with Crippen LogP contribution in [0.25, 0.3) is 11.3 Å². The van der Waals surface area contributed by atoms with Gasteiger partial charge < -0.3 is 4.98 Å². The summed E-state index contributed by atoms with van der Waals surface area (Å²) in [4.78, 5) is 8.10. The number of hydrogen-bond acceptors (Lipinski definition) is 1. The predicted molar refractivity (Wildman–Crippen MR) is 81.2 cm³/mol. The third kappa shape index (κ3) is 3.69. The lowest BCUT2D eigenvalue weighted by Crippen LogP contribution is -1.90. The normalized spacial score (nSPS) is 10.8. The Bertz CT molecular complexity index is 485. The van der Waals surface area contributed by atoms with Crippen molar-refractivity contribution in [1.82, 2.24) is 9.97 Å².